The van der Waals surface area contributed by atoms with Gasteiger partial charge in [0.05, 0.1) is 12.6 Å². The van der Waals surface area contributed by atoms with Crippen LogP contribution in [-0.2, 0) is 19.0 Å². The van der Waals surface area contributed by atoms with Crippen molar-refractivity contribution in [1.82, 2.24) is 5.32 Å². The van der Waals surface area contributed by atoms with E-state index in [0.717, 1.165) is 0 Å². The van der Waals surface area contributed by atoms with Gasteiger partial charge in [-0.25, -0.2) is 0 Å². The molecule has 2 saturated heterocycles. The van der Waals surface area contributed by atoms with Gasteiger partial charge in [-0.05, 0) is 13.8 Å². The molecule has 2 aliphatic heterocycles. The molecule has 0 aromatic carbocycles. The van der Waals surface area contributed by atoms with Crippen LogP contribution in [0.15, 0.2) is 0 Å². The molecule has 3 N–H and O–H groups in total. The highest BCUT2D eigenvalue weighted by Gasteiger charge is 2.56. The highest BCUT2D eigenvalue weighted by atomic mass is 16.8. The third-order valence-electron chi connectivity index (χ3n) is 3.49. The Kier molecular flexibility index (Phi) is 4.36. The molecule has 0 bridgehead atoms. The lowest BCUT2D eigenvalue weighted by Crippen LogP contribution is -2.53. The normalized spacial score (nSPS) is 37.0. The topological polar surface area (TPSA) is 97.3 Å². The Balaban J connectivity index is 2.14. The van der Waals surface area contributed by atoms with Crippen LogP contribution in [-0.4, -0.2) is 59.2 Å². The molecule has 116 valence electrons. The van der Waals surface area contributed by atoms with E-state index in [0.29, 0.717) is 0 Å². The Bertz CT molecular complexity index is 372. The fourth-order valence-corrected chi connectivity index (χ4v) is 2.46. The van der Waals surface area contributed by atoms with Crippen molar-refractivity contribution in [3.8, 4) is 0 Å². The molecule has 0 saturated carbocycles. The minimum atomic E-state index is -1.10. The molecule has 0 unspecified atom stereocenters. The van der Waals surface area contributed by atoms with Gasteiger partial charge in [0, 0.05) is 5.92 Å². The lowest BCUT2D eigenvalue weighted by molar-refractivity contribution is -0.218. The molecule has 20 heavy (non-hydrogen) atoms. The smallest absolute Gasteiger partial charge is 0.222 e. The molecule has 2 heterocycles. The van der Waals surface area contributed by atoms with Gasteiger partial charge in [0.1, 0.15) is 18.3 Å². The average Bonchev–Trinajstić information content (AvgIpc) is 2.81. The largest absolute Gasteiger partial charge is 0.394 e. The van der Waals surface area contributed by atoms with Gasteiger partial charge in [0.2, 0.25) is 5.91 Å². The molecule has 2 rings (SSSR count). The summed E-state index contributed by atoms with van der Waals surface area (Å²) < 4.78 is 16.9. The van der Waals surface area contributed by atoms with Crippen molar-refractivity contribution >= 4 is 5.91 Å². The van der Waals surface area contributed by atoms with E-state index in [9.17, 15) is 9.90 Å². The van der Waals surface area contributed by atoms with Crippen LogP contribution in [0.5, 0.6) is 0 Å². The van der Waals surface area contributed by atoms with Crippen molar-refractivity contribution in [2.75, 3.05) is 6.61 Å². The summed E-state index contributed by atoms with van der Waals surface area (Å²) in [5.41, 5.74) is 0. The van der Waals surface area contributed by atoms with Crippen LogP contribution in [0.1, 0.15) is 27.7 Å². The first-order valence-corrected chi connectivity index (χ1v) is 6.85. The van der Waals surface area contributed by atoms with Crippen molar-refractivity contribution < 1.29 is 29.2 Å². The third-order valence-corrected chi connectivity index (χ3v) is 3.49. The first kappa shape index (κ1) is 15.7. The zero-order valence-corrected chi connectivity index (χ0v) is 12.2. The maximum Gasteiger partial charge on any atom is 0.222 e. The second-order valence-corrected chi connectivity index (χ2v) is 6.01. The first-order valence-electron chi connectivity index (χ1n) is 6.85. The maximum absolute atomic E-state index is 11.9. The number of hydrogen-bond donors (Lipinski definition) is 3. The molecule has 0 aromatic rings. The fraction of sp³-hybridized carbons (Fsp3) is 0.923. The first-order chi connectivity index (χ1) is 9.25. The number of amides is 1. The molecule has 0 radical (unpaired) electrons. The number of carbonyl (C=O) groups excluding carboxylic acids is 1. The van der Waals surface area contributed by atoms with E-state index < -0.39 is 43.0 Å². The molecule has 0 aliphatic carbocycles. The van der Waals surface area contributed by atoms with Gasteiger partial charge >= 0.3 is 0 Å². The average molecular weight is 289 g/mol. The number of aliphatic hydroxyl groups is 2. The van der Waals surface area contributed by atoms with Gasteiger partial charge in [0.25, 0.3) is 0 Å². The monoisotopic (exact) mass is 289 g/mol. The summed E-state index contributed by atoms with van der Waals surface area (Å²) in [7, 11) is 0. The molecule has 2 aliphatic rings. The van der Waals surface area contributed by atoms with Crippen molar-refractivity contribution in [2.24, 2.45) is 5.92 Å². The highest BCUT2D eigenvalue weighted by Crippen LogP contribution is 2.38. The molecule has 1 amide bonds. The van der Waals surface area contributed by atoms with Crippen molar-refractivity contribution in [1.29, 1.82) is 0 Å². The second kappa shape index (κ2) is 5.57. The number of rotatable bonds is 4. The summed E-state index contributed by atoms with van der Waals surface area (Å²) >= 11 is 0. The SMILES string of the molecule is CC(C)C(=O)N[C@H]1[C@H]2OC(C)(C)O[C@H]2O[C@@H]1[C@H](O)CO. The van der Waals surface area contributed by atoms with Gasteiger partial charge in [-0.2, -0.15) is 0 Å². The van der Waals surface area contributed by atoms with Gasteiger partial charge < -0.3 is 29.7 Å². The number of fused-ring (bicyclic) bond motifs is 1. The Morgan fingerprint density at radius 3 is 2.55 bits per heavy atom. The van der Waals surface area contributed by atoms with E-state index in [4.69, 9.17) is 19.3 Å². The van der Waals surface area contributed by atoms with E-state index in [1.807, 2.05) is 0 Å². The van der Waals surface area contributed by atoms with Crippen LogP contribution in [0, 0.1) is 5.92 Å². The molecule has 2 fully saturated rings. The lowest BCUT2D eigenvalue weighted by atomic mass is 10.0. The van der Waals surface area contributed by atoms with Gasteiger partial charge in [-0.15, -0.1) is 0 Å². The Morgan fingerprint density at radius 2 is 2.00 bits per heavy atom. The van der Waals surface area contributed by atoms with Crippen LogP contribution in [0.25, 0.3) is 0 Å². The predicted molar refractivity (Wildman–Crippen MR) is 68.6 cm³/mol. The van der Waals surface area contributed by atoms with Crippen LogP contribution in [0.3, 0.4) is 0 Å². The van der Waals surface area contributed by atoms with Gasteiger partial charge in [-0.1, -0.05) is 13.8 Å². The Morgan fingerprint density at radius 1 is 1.35 bits per heavy atom. The van der Waals surface area contributed by atoms with E-state index >= 15 is 0 Å². The zero-order chi connectivity index (χ0) is 15.1. The quantitative estimate of drug-likeness (QED) is 0.637. The Hall–Kier alpha value is -0.730. The summed E-state index contributed by atoms with van der Waals surface area (Å²) in [6.07, 6.45) is -3.02. The number of nitrogens with one attached hydrogen (secondary N) is 1. The second-order valence-electron chi connectivity index (χ2n) is 6.01. The molecular weight excluding hydrogens is 266 g/mol. The number of hydrogen-bond acceptors (Lipinski definition) is 6. The summed E-state index contributed by atoms with van der Waals surface area (Å²) in [6.45, 7) is 6.61. The van der Waals surface area contributed by atoms with Crippen LogP contribution in [0.4, 0.5) is 0 Å². The van der Waals surface area contributed by atoms with Crippen LogP contribution >= 0.6 is 0 Å². The summed E-state index contributed by atoms with van der Waals surface area (Å²) in [5, 5.41) is 21.7. The minimum Gasteiger partial charge on any atom is -0.394 e. The zero-order valence-electron chi connectivity index (χ0n) is 12.2. The fourth-order valence-electron chi connectivity index (χ4n) is 2.46. The van der Waals surface area contributed by atoms with Crippen molar-refractivity contribution in [3.63, 3.8) is 0 Å². The molecule has 7 nitrogen and oxygen atoms in total. The lowest BCUT2D eigenvalue weighted by Gasteiger charge is -2.28. The third kappa shape index (κ3) is 2.96. The molecule has 5 atom stereocenters. The molecular formula is C13H23NO6. The molecule has 7 heteroatoms. The van der Waals surface area contributed by atoms with E-state index in [1.165, 1.54) is 0 Å². The summed E-state index contributed by atoms with van der Waals surface area (Å²) in [4.78, 5) is 11.9. The van der Waals surface area contributed by atoms with Gasteiger partial charge in [-0.3, -0.25) is 4.79 Å². The van der Waals surface area contributed by atoms with Crippen molar-refractivity contribution in [3.05, 3.63) is 0 Å². The minimum absolute atomic E-state index is 0.164. The Labute approximate surface area is 118 Å². The van der Waals surface area contributed by atoms with Crippen molar-refractivity contribution in [2.45, 2.75) is 64.1 Å². The van der Waals surface area contributed by atoms with E-state index in [2.05, 4.69) is 5.32 Å². The van der Waals surface area contributed by atoms with E-state index in [-0.39, 0.29) is 11.8 Å². The standard InChI is InChI=1S/C13H23NO6/c1-6(2)11(17)14-8-9(7(16)5-15)18-12-10(8)19-13(3,4)20-12/h6-10,12,15-16H,5H2,1-4H3,(H,14,17)/t7-,8-,9-,10-,12-/m1/s1. The maximum atomic E-state index is 11.9. The number of ether oxygens (including phenoxy) is 3. The number of aliphatic hydroxyl groups excluding tert-OH is 2. The number of carbonyl (C=O) groups is 1. The summed E-state index contributed by atoms with van der Waals surface area (Å²) in [5.74, 6) is -1.16. The summed E-state index contributed by atoms with van der Waals surface area (Å²) in [6, 6.07) is -0.557. The van der Waals surface area contributed by atoms with Crippen LogP contribution in [0.2, 0.25) is 0 Å². The molecule has 0 aromatic heterocycles. The van der Waals surface area contributed by atoms with Crippen LogP contribution < -0.4 is 5.32 Å². The van der Waals surface area contributed by atoms with Gasteiger partial charge in [0.15, 0.2) is 12.1 Å². The van der Waals surface area contributed by atoms with E-state index in [1.54, 1.807) is 27.7 Å². The highest BCUT2D eigenvalue weighted by molar-refractivity contribution is 5.78. The molecule has 0 spiro atoms. The predicted octanol–water partition coefficient (Wildman–Crippen LogP) is -0.643.